The summed E-state index contributed by atoms with van der Waals surface area (Å²) in [6.07, 6.45) is 2.43. The van der Waals surface area contributed by atoms with Crippen molar-refractivity contribution < 1.29 is 9.72 Å². The van der Waals surface area contributed by atoms with E-state index in [1.807, 2.05) is 20.8 Å². The fourth-order valence-corrected chi connectivity index (χ4v) is 2.17. The molecule has 0 unspecified atom stereocenters. The fraction of sp³-hybridized carbons (Fsp3) is 0.500. The maximum absolute atomic E-state index is 12.2. The molecular formula is C14H21N3O3. The van der Waals surface area contributed by atoms with Crippen molar-refractivity contribution in [2.45, 2.75) is 45.6 Å². The zero-order valence-corrected chi connectivity index (χ0v) is 12.1. The summed E-state index contributed by atoms with van der Waals surface area (Å²) in [7, 11) is 0. The average Bonchev–Trinajstić information content (AvgIpc) is 2.45. The van der Waals surface area contributed by atoms with E-state index in [1.165, 1.54) is 18.2 Å². The maximum Gasteiger partial charge on any atom is 0.292 e. The third-order valence-electron chi connectivity index (χ3n) is 3.90. The van der Waals surface area contributed by atoms with E-state index in [2.05, 4.69) is 5.32 Å². The van der Waals surface area contributed by atoms with Crippen LogP contribution in [-0.4, -0.2) is 16.4 Å². The van der Waals surface area contributed by atoms with Gasteiger partial charge >= 0.3 is 0 Å². The molecule has 0 bridgehead atoms. The number of carbonyl (C=O) groups is 1. The van der Waals surface area contributed by atoms with E-state index < -0.39 is 4.92 Å². The highest BCUT2D eigenvalue weighted by molar-refractivity contribution is 5.96. The Morgan fingerprint density at radius 2 is 1.85 bits per heavy atom. The van der Waals surface area contributed by atoms with Crippen molar-refractivity contribution in [3.05, 3.63) is 33.9 Å². The van der Waals surface area contributed by atoms with E-state index in [4.69, 9.17) is 5.73 Å². The average molecular weight is 279 g/mol. The molecule has 0 radical (unpaired) electrons. The molecule has 0 fully saturated rings. The van der Waals surface area contributed by atoms with Crippen LogP contribution in [0.2, 0.25) is 0 Å². The SMILES string of the molecule is CCC(CC)(CC)NC(=O)c1ccc(N)c([N+](=O)[O-])c1. The molecule has 1 rings (SSSR count). The Kier molecular flexibility index (Phi) is 5.07. The second-order valence-corrected chi connectivity index (χ2v) is 4.83. The van der Waals surface area contributed by atoms with Crippen LogP contribution in [0, 0.1) is 10.1 Å². The number of nitro benzene ring substituents is 1. The molecule has 0 spiro atoms. The van der Waals surface area contributed by atoms with E-state index in [1.54, 1.807) is 0 Å². The first-order valence-electron chi connectivity index (χ1n) is 6.75. The van der Waals surface area contributed by atoms with Gasteiger partial charge in [0.1, 0.15) is 5.69 Å². The van der Waals surface area contributed by atoms with Crippen molar-refractivity contribution in [2.75, 3.05) is 5.73 Å². The van der Waals surface area contributed by atoms with Crippen molar-refractivity contribution in [1.82, 2.24) is 5.32 Å². The lowest BCUT2D eigenvalue weighted by Gasteiger charge is -2.31. The minimum absolute atomic E-state index is 0.0549. The third-order valence-corrected chi connectivity index (χ3v) is 3.90. The molecule has 0 atom stereocenters. The Labute approximate surface area is 118 Å². The van der Waals surface area contributed by atoms with Crippen molar-refractivity contribution in [1.29, 1.82) is 0 Å². The van der Waals surface area contributed by atoms with Crippen LogP contribution in [0.15, 0.2) is 18.2 Å². The smallest absolute Gasteiger partial charge is 0.292 e. The second kappa shape index (κ2) is 6.36. The zero-order valence-electron chi connectivity index (χ0n) is 12.1. The van der Waals surface area contributed by atoms with Gasteiger partial charge in [-0.3, -0.25) is 14.9 Å². The lowest BCUT2D eigenvalue weighted by atomic mass is 9.89. The van der Waals surface area contributed by atoms with Gasteiger partial charge in [0, 0.05) is 17.2 Å². The first-order valence-corrected chi connectivity index (χ1v) is 6.75. The number of nitro groups is 1. The molecule has 0 aliphatic carbocycles. The van der Waals surface area contributed by atoms with Gasteiger partial charge in [0.2, 0.25) is 0 Å². The Hall–Kier alpha value is -2.11. The van der Waals surface area contributed by atoms with E-state index >= 15 is 0 Å². The predicted octanol–water partition coefficient (Wildman–Crippen LogP) is 2.88. The number of hydrogen-bond donors (Lipinski definition) is 2. The molecule has 0 aromatic heterocycles. The van der Waals surface area contributed by atoms with Crippen LogP contribution >= 0.6 is 0 Å². The highest BCUT2D eigenvalue weighted by Crippen LogP contribution is 2.24. The predicted molar refractivity (Wildman–Crippen MR) is 78.6 cm³/mol. The number of nitrogens with zero attached hydrogens (tertiary/aromatic N) is 1. The van der Waals surface area contributed by atoms with Gasteiger partial charge in [0.15, 0.2) is 0 Å². The summed E-state index contributed by atoms with van der Waals surface area (Å²) in [4.78, 5) is 22.5. The van der Waals surface area contributed by atoms with E-state index in [0.717, 1.165) is 19.3 Å². The standard InChI is InChI=1S/C14H21N3O3/c1-4-14(5-2,6-3)16-13(18)10-7-8-11(15)12(9-10)17(19)20/h7-9H,4-6,15H2,1-3H3,(H,16,18). The summed E-state index contributed by atoms with van der Waals surface area (Å²) in [5.41, 5.74) is 5.32. The normalized spacial score (nSPS) is 11.2. The molecule has 0 aliphatic heterocycles. The number of benzene rings is 1. The minimum Gasteiger partial charge on any atom is -0.393 e. The number of amides is 1. The van der Waals surface area contributed by atoms with Crippen molar-refractivity contribution >= 4 is 17.3 Å². The fourth-order valence-electron chi connectivity index (χ4n) is 2.17. The molecule has 0 saturated carbocycles. The van der Waals surface area contributed by atoms with Gasteiger partial charge in [-0.05, 0) is 31.4 Å². The summed E-state index contributed by atoms with van der Waals surface area (Å²) < 4.78 is 0. The van der Waals surface area contributed by atoms with Gasteiger partial charge in [0.05, 0.1) is 4.92 Å². The van der Waals surface area contributed by atoms with Gasteiger partial charge in [0.25, 0.3) is 11.6 Å². The highest BCUT2D eigenvalue weighted by Gasteiger charge is 2.27. The molecule has 6 nitrogen and oxygen atoms in total. The molecule has 6 heteroatoms. The third kappa shape index (κ3) is 3.26. The Balaban J connectivity index is 3.04. The number of carbonyl (C=O) groups excluding carboxylic acids is 1. The summed E-state index contributed by atoms with van der Waals surface area (Å²) in [6, 6.07) is 4.11. The Bertz CT molecular complexity index is 502. The summed E-state index contributed by atoms with van der Waals surface area (Å²) >= 11 is 0. The first-order chi connectivity index (χ1) is 9.39. The zero-order chi connectivity index (χ0) is 15.3. The van der Waals surface area contributed by atoms with Gasteiger partial charge < -0.3 is 11.1 Å². The van der Waals surface area contributed by atoms with Crippen LogP contribution in [-0.2, 0) is 0 Å². The summed E-state index contributed by atoms with van der Waals surface area (Å²) in [6.45, 7) is 6.04. The first kappa shape index (κ1) is 15.9. The van der Waals surface area contributed by atoms with Crippen LogP contribution in [0.3, 0.4) is 0 Å². The monoisotopic (exact) mass is 279 g/mol. The van der Waals surface area contributed by atoms with Crippen LogP contribution in [0.5, 0.6) is 0 Å². The van der Waals surface area contributed by atoms with E-state index in [-0.39, 0.29) is 28.4 Å². The molecule has 3 N–H and O–H groups in total. The molecule has 0 saturated heterocycles. The molecule has 20 heavy (non-hydrogen) atoms. The molecular weight excluding hydrogens is 258 g/mol. The van der Waals surface area contributed by atoms with Gasteiger partial charge in [-0.25, -0.2) is 0 Å². The molecule has 0 heterocycles. The molecule has 110 valence electrons. The number of nitrogens with one attached hydrogen (secondary N) is 1. The van der Waals surface area contributed by atoms with Crippen LogP contribution in [0.4, 0.5) is 11.4 Å². The Morgan fingerprint density at radius 3 is 2.30 bits per heavy atom. The van der Waals surface area contributed by atoms with Crippen molar-refractivity contribution in [3.8, 4) is 0 Å². The summed E-state index contributed by atoms with van der Waals surface area (Å²) in [5, 5.41) is 13.8. The van der Waals surface area contributed by atoms with Crippen LogP contribution in [0.25, 0.3) is 0 Å². The van der Waals surface area contributed by atoms with Gasteiger partial charge in [-0.1, -0.05) is 20.8 Å². The number of rotatable bonds is 6. The lowest BCUT2D eigenvalue weighted by molar-refractivity contribution is -0.383. The molecule has 1 aromatic carbocycles. The minimum atomic E-state index is -0.584. The second-order valence-electron chi connectivity index (χ2n) is 4.83. The largest absolute Gasteiger partial charge is 0.393 e. The quantitative estimate of drug-likeness (QED) is 0.475. The molecule has 1 amide bonds. The van der Waals surface area contributed by atoms with E-state index in [9.17, 15) is 14.9 Å². The topological polar surface area (TPSA) is 98.3 Å². The molecule has 0 aliphatic rings. The number of nitrogens with two attached hydrogens (primary N) is 1. The molecule has 1 aromatic rings. The lowest BCUT2D eigenvalue weighted by Crippen LogP contribution is -2.47. The van der Waals surface area contributed by atoms with Crippen molar-refractivity contribution in [2.24, 2.45) is 0 Å². The van der Waals surface area contributed by atoms with Crippen molar-refractivity contribution in [3.63, 3.8) is 0 Å². The van der Waals surface area contributed by atoms with E-state index in [0.29, 0.717) is 0 Å². The van der Waals surface area contributed by atoms with Crippen LogP contribution < -0.4 is 11.1 Å². The van der Waals surface area contributed by atoms with Crippen LogP contribution in [0.1, 0.15) is 50.4 Å². The number of hydrogen-bond acceptors (Lipinski definition) is 4. The number of anilines is 1. The summed E-state index contributed by atoms with van der Waals surface area (Å²) in [5.74, 6) is -0.307. The van der Waals surface area contributed by atoms with Gasteiger partial charge in [-0.15, -0.1) is 0 Å². The number of nitrogen functional groups attached to an aromatic ring is 1. The maximum atomic E-state index is 12.2. The highest BCUT2D eigenvalue weighted by atomic mass is 16.6. The van der Waals surface area contributed by atoms with Gasteiger partial charge in [-0.2, -0.15) is 0 Å². The Morgan fingerprint density at radius 1 is 1.30 bits per heavy atom.